The summed E-state index contributed by atoms with van der Waals surface area (Å²) in [5.41, 5.74) is 21.9. The molecule has 0 N–H and O–H groups in total. The van der Waals surface area contributed by atoms with Crippen LogP contribution in [0.15, 0.2) is 188 Å². The second-order valence-electron chi connectivity index (χ2n) is 20.7. The first-order valence-electron chi connectivity index (χ1n) is 26.5. The van der Waals surface area contributed by atoms with Gasteiger partial charge in [0, 0.05) is 0 Å². The Bertz CT molecular complexity index is 3160. The molecular formula is C70H69Cl2SiZr-3. The van der Waals surface area contributed by atoms with Crippen LogP contribution in [0.1, 0.15) is 126 Å². The summed E-state index contributed by atoms with van der Waals surface area (Å²) in [4.78, 5) is 0. The van der Waals surface area contributed by atoms with Crippen LogP contribution in [0.4, 0.5) is 0 Å². The minimum absolute atomic E-state index is 0.512. The van der Waals surface area contributed by atoms with E-state index in [1.807, 2.05) is 6.07 Å². The number of fused-ring (bicyclic) bond motifs is 5. The van der Waals surface area contributed by atoms with Crippen LogP contribution in [-0.4, -0.2) is 9.52 Å². The molecule has 1 heterocycles. The molecule has 374 valence electrons. The minimum atomic E-state index is -0.826. The third kappa shape index (κ3) is 12.7. The molecule has 0 amide bonds. The van der Waals surface area contributed by atoms with Gasteiger partial charge in [-0.1, -0.05) is 225 Å². The van der Waals surface area contributed by atoms with Crippen LogP contribution < -0.4 is 10.4 Å². The smallest absolute Gasteiger partial charge is 0.0920 e. The van der Waals surface area contributed by atoms with Crippen molar-refractivity contribution >= 4 is 58.5 Å². The van der Waals surface area contributed by atoms with Crippen molar-refractivity contribution in [2.45, 2.75) is 106 Å². The molecule has 10 aromatic carbocycles. The molecule has 0 aromatic heterocycles. The monoisotopic (exact) mass is 1100 g/mol. The number of hydrogen-bond acceptors (Lipinski definition) is 0. The summed E-state index contributed by atoms with van der Waals surface area (Å²) in [6, 6.07) is 72.9. The first-order valence-corrected chi connectivity index (χ1v) is 33.8. The van der Waals surface area contributed by atoms with Crippen LogP contribution in [0.5, 0.6) is 0 Å². The molecule has 74 heavy (non-hydrogen) atoms. The van der Waals surface area contributed by atoms with Crippen molar-refractivity contribution in [2.75, 3.05) is 0 Å². The van der Waals surface area contributed by atoms with E-state index >= 15 is 0 Å². The molecule has 2 radical (unpaired) electrons. The average Bonchev–Trinajstić information content (AvgIpc) is 4.16. The van der Waals surface area contributed by atoms with Gasteiger partial charge in [0.05, 0.1) is 9.52 Å². The molecule has 1 aliphatic rings. The Hall–Kier alpha value is -5.34. The molecule has 0 spiro atoms. The molecule has 0 atom stereocenters. The summed E-state index contributed by atoms with van der Waals surface area (Å²) >= 11 is -0.826. The van der Waals surface area contributed by atoms with Crippen molar-refractivity contribution < 1.29 is 20.8 Å². The van der Waals surface area contributed by atoms with Crippen molar-refractivity contribution in [3.63, 3.8) is 0 Å². The summed E-state index contributed by atoms with van der Waals surface area (Å²) < 4.78 is 0. The van der Waals surface area contributed by atoms with Gasteiger partial charge in [-0.3, -0.25) is 0 Å². The first-order chi connectivity index (χ1) is 35.8. The zero-order chi connectivity index (χ0) is 52.5. The van der Waals surface area contributed by atoms with E-state index < -0.39 is 20.8 Å². The zero-order valence-corrected chi connectivity index (χ0v) is 49.8. The molecule has 0 fully saturated rings. The van der Waals surface area contributed by atoms with E-state index in [9.17, 15) is 0 Å². The van der Waals surface area contributed by atoms with E-state index in [1.54, 1.807) is 0 Å². The summed E-state index contributed by atoms with van der Waals surface area (Å²) in [6.07, 6.45) is 2.14. The van der Waals surface area contributed by atoms with E-state index in [2.05, 4.69) is 257 Å². The van der Waals surface area contributed by atoms with Gasteiger partial charge in [-0.05, 0) is 92.1 Å². The number of halogens is 2. The maximum atomic E-state index is 4.93. The normalized spacial score (nSPS) is 11.5. The average molecular weight is 1100 g/mol. The Morgan fingerprint density at radius 2 is 0.824 bits per heavy atom. The van der Waals surface area contributed by atoms with Gasteiger partial charge in [0.25, 0.3) is 0 Å². The van der Waals surface area contributed by atoms with Crippen LogP contribution in [-0.2, 0) is 33.7 Å². The van der Waals surface area contributed by atoms with Crippen molar-refractivity contribution in [3.05, 3.63) is 228 Å². The molecule has 0 saturated carbocycles. The van der Waals surface area contributed by atoms with Gasteiger partial charge >= 0.3 is 37.9 Å². The van der Waals surface area contributed by atoms with Gasteiger partial charge in [-0.25, -0.2) is 0 Å². The van der Waals surface area contributed by atoms with Gasteiger partial charge in [-0.2, -0.15) is 41.6 Å². The van der Waals surface area contributed by atoms with Crippen LogP contribution in [0, 0.1) is 6.07 Å². The second kappa shape index (κ2) is 25.5. The zero-order valence-electron chi connectivity index (χ0n) is 44.9. The predicted molar refractivity (Wildman–Crippen MR) is 323 cm³/mol. The van der Waals surface area contributed by atoms with E-state index in [0.29, 0.717) is 23.7 Å². The Labute approximate surface area is 464 Å². The van der Waals surface area contributed by atoms with E-state index in [1.165, 1.54) is 121 Å². The molecule has 4 heteroatoms. The van der Waals surface area contributed by atoms with Gasteiger partial charge in [0.15, 0.2) is 0 Å². The Morgan fingerprint density at radius 3 is 1.23 bits per heavy atom. The van der Waals surface area contributed by atoms with E-state index in [4.69, 9.17) is 17.0 Å². The van der Waals surface area contributed by atoms with Gasteiger partial charge in [-0.15, -0.1) is 62.5 Å². The molecule has 0 nitrogen and oxygen atoms in total. The van der Waals surface area contributed by atoms with E-state index in [-0.39, 0.29) is 0 Å². The fourth-order valence-electron chi connectivity index (χ4n) is 10.1. The van der Waals surface area contributed by atoms with Crippen molar-refractivity contribution in [3.8, 4) is 55.6 Å². The van der Waals surface area contributed by atoms with Crippen LogP contribution in [0.3, 0.4) is 0 Å². The maximum Gasteiger partial charge on any atom is 0.0920 e. The van der Waals surface area contributed by atoms with Crippen molar-refractivity contribution in [2.24, 2.45) is 0 Å². The fraction of sp³-hybridized carbons (Fsp3) is 0.229. The predicted octanol–water partition coefficient (Wildman–Crippen LogP) is 19.9. The quantitative estimate of drug-likeness (QED) is 0.0946. The molecule has 10 aromatic rings. The Balaban J connectivity index is 0.000000153. The third-order valence-electron chi connectivity index (χ3n) is 14.4. The summed E-state index contributed by atoms with van der Waals surface area (Å²) in [7, 11) is 10.7. The fourth-order valence-corrected chi connectivity index (χ4v) is 11.4. The number of hydrogen-bond donors (Lipinski definition) is 0. The summed E-state index contributed by atoms with van der Waals surface area (Å²) in [6.45, 7) is 22.8. The molecule has 0 aliphatic carbocycles. The molecular weight excluding hydrogens is 1030 g/mol. The van der Waals surface area contributed by atoms with Crippen LogP contribution in [0.2, 0.25) is 0 Å². The maximum absolute atomic E-state index is 4.93. The molecule has 0 unspecified atom stereocenters. The Morgan fingerprint density at radius 1 is 0.432 bits per heavy atom. The number of aryl methyl sites for hydroxylation is 2. The van der Waals surface area contributed by atoms with Gasteiger partial charge in [0.2, 0.25) is 0 Å². The molecule has 0 saturated heterocycles. The van der Waals surface area contributed by atoms with Gasteiger partial charge < -0.3 is 0 Å². The molecule has 11 rings (SSSR count). The second-order valence-corrected chi connectivity index (χ2v) is 25.8. The van der Waals surface area contributed by atoms with Crippen LogP contribution in [0.25, 0.3) is 77.2 Å². The largest absolute Gasteiger partial charge is 0.184 e. The summed E-state index contributed by atoms with van der Waals surface area (Å²) in [5.74, 6) is 2.05. The van der Waals surface area contributed by atoms with Crippen molar-refractivity contribution in [1.82, 2.24) is 0 Å². The van der Waals surface area contributed by atoms with Crippen molar-refractivity contribution in [1.29, 1.82) is 0 Å². The third-order valence-corrected chi connectivity index (χ3v) is 15.8. The summed E-state index contributed by atoms with van der Waals surface area (Å²) in [5, 5.41) is 8.26. The minimum Gasteiger partial charge on any atom is -0.184 e. The number of rotatable bonds is 10. The first kappa shape index (κ1) is 54.9. The van der Waals surface area contributed by atoms with Gasteiger partial charge in [0.1, 0.15) is 0 Å². The van der Waals surface area contributed by atoms with Crippen LogP contribution >= 0.6 is 17.0 Å². The number of benzene rings is 8. The SMILES string of the molecule is CCc1cc2c(-c3cc(C(C)C)cc(C(C)C)c3)c(-c3ccccc3)ccc2[cH-]1.CCc1cc2c(-c3cc(C(C)C)cc(C(C)C)c3)c(-c3ccccc3)ccc2[cH-]1.[Cl][Zr][Cl].[c-]1cccc2c1[Si]c1ccccc1-2. The molecule has 0 bridgehead atoms. The molecule has 1 aliphatic heterocycles. The Kier molecular flexibility index (Phi) is 18.9. The topological polar surface area (TPSA) is 0 Å². The van der Waals surface area contributed by atoms with E-state index in [0.717, 1.165) is 22.4 Å². The standard InChI is InChI=1S/2C29H31.C12H7Si.2ClH.Zr/c2*1-6-21-14-23-12-13-27(22-10-8-7-9-11-22)29(28(23)15-21)26-17-24(19(2)3)16-25(18-26)20(4)5;1-3-7-11-9(5-1)10-6-2-4-8-12(10)13-11;;;/h2*7-20H,6H2,1-5H3;1-7H;2*1H;/q3*-1;;;+2/p-2.